The smallest absolute Gasteiger partial charge is 0.0666 e. The molecule has 4 heteroatoms. The molecule has 0 bridgehead atoms. The summed E-state index contributed by atoms with van der Waals surface area (Å²) in [6, 6.07) is 0.398. The lowest BCUT2D eigenvalue weighted by Gasteiger charge is -2.15. The molecule has 92 valence electrons. The van der Waals surface area contributed by atoms with Gasteiger partial charge in [-0.3, -0.25) is 4.68 Å². The first-order valence-corrected chi connectivity index (χ1v) is 6.06. The van der Waals surface area contributed by atoms with Crippen LogP contribution in [0.25, 0.3) is 0 Å². The summed E-state index contributed by atoms with van der Waals surface area (Å²) in [5.74, 6) is 0. The van der Waals surface area contributed by atoms with Crippen molar-refractivity contribution in [3.63, 3.8) is 0 Å². The fourth-order valence-electron chi connectivity index (χ4n) is 1.89. The van der Waals surface area contributed by atoms with Gasteiger partial charge in [-0.1, -0.05) is 13.8 Å². The summed E-state index contributed by atoms with van der Waals surface area (Å²) < 4.78 is 1.86. The van der Waals surface area contributed by atoms with Gasteiger partial charge in [-0.15, -0.1) is 0 Å². The predicted octanol–water partition coefficient (Wildman–Crippen LogP) is 1.23. The van der Waals surface area contributed by atoms with Crippen molar-refractivity contribution in [3.8, 4) is 0 Å². The quantitative estimate of drug-likeness (QED) is 0.734. The minimum Gasteiger partial charge on any atom is -0.396 e. The molecule has 0 aliphatic carbocycles. The van der Waals surface area contributed by atoms with Crippen LogP contribution in [-0.4, -0.2) is 27.5 Å². The number of aromatic nitrogens is 2. The van der Waals surface area contributed by atoms with E-state index in [-0.39, 0.29) is 6.61 Å². The summed E-state index contributed by atoms with van der Waals surface area (Å²) in [4.78, 5) is 0. The molecule has 1 heterocycles. The SMILES string of the molecule is CCc1nn(C)cc1CNC(CC)CCO. The van der Waals surface area contributed by atoms with Crippen molar-refractivity contribution in [1.82, 2.24) is 15.1 Å². The number of rotatable bonds is 7. The van der Waals surface area contributed by atoms with Crippen molar-refractivity contribution in [2.45, 2.75) is 45.7 Å². The van der Waals surface area contributed by atoms with E-state index < -0.39 is 0 Å². The Kier molecular flexibility index (Phi) is 5.49. The molecule has 2 N–H and O–H groups in total. The first-order valence-electron chi connectivity index (χ1n) is 6.06. The molecular formula is C12H23N3O. The zero-order chi connectivity index (χ0) is 12.0. The molecule has 0 radical (unpaired) electrons. The number of aliphatic hydroxyl groups excluding tert-OH is 1. The van der Waals surface area contributed by atoms with E-state index in [1.807, 2.05) is 11.7 Å². The summed E-state index contributed by atoms with van der Waals surface area (Å²) >= 11 is 0. The van der Waals surface area contributed by atoms with Gasteiger partial charge < -0.3 is 10.4 Å². The van der Waals surface area contributed by atoms with Crippen LogP contribution in [0.5, 0.6) is 0 Å². The molecule has 0 aliphatic rings. The summed E-state index contributed by atoms with van der Waals surface area (Å²) in [6.07, 6.45) is 4.90. The third-order valence-electron chi connectivity index (χ3n) is 2.88. The third-order valence-corrected chi connectivity index (χ3v) is 2.88. The van der Waals surface area contributed by atoms with Gasteiger partial charge in [-0.25, -0.2) is 0 Å². The maximum atomic E-state index is 8.91. The van der Waals surface area contributed by atoms with Gasteiger partial charge in [0.25, 0.3) is 0 Å². The number of nitrogens with one attached hydrogen (secondary N) is 1. The molecule has 0 spiro atoms. The van der Waals surface area contributed by atoms with Gasteiger partial charge in [0.15, 0.2) is 0 Å². The zero-order valence-corrected chi connectivity index (χ0v) is 10.5. The van der Waals surface area contributed by atoms with E-state index in [4.69, 9.17) is 5.11 Å². The fraction of sp³-hybridized carbons (Fsp3) is 0.750. The summed E-state index contributed by atoms with van der Waals surface area (Å²) in [5, 5.41) is 16.8. The highest BCUT2D eigenvalue weighted by Crippen LogP contribution is 2.08. The highest BCUT2D eigenvalue weighted by molar-refractivity contribution is 5.16. The molecule has 1 rings (SSSR count). The lowest BCUT2D eigenvalue weighted by Crippen LogP contribution is -2.29. The molecule has 1 aromatic heterocycles. The Morgan fingerprint density at radius 1 is 1.50 bits per heavy atom. The molecule has 4 nitrogen and oxygen atoms in total. The third kappa shape index (κ3) is 3.61. The van der Waals surface area contributed by atoms with Crippen molar-refractivity contribution in [2.24, 2.45) is 7.05 Å². The van der Waals surface area contributed by atoms with Crippen molar-refractivity contribution >= 4 is 0 Å². The van der Waals surface area contributed by atoms with Crippen molar-refractivity contribution in [1.29, 1.82) is 0 Å². The minimum atomic E-state index is 0.249. The zero-order valence-electron chi connectivity index (χ0n) is 10.5. The van der Waals surface area contributed by atoms with Gasteiger partial charge in [0.2, 0.25) is 0 Å². The van der Waals surface area contributed by atoms with Crippen molar-refractivity contribution in [3.05, 3.63) is 17.5 Å². The molecule has 0 amide bonds. The van der Waals surface area contributed by atoms with Gasteiger partial charge in [-0.05, 0) is 19.3 Å². The Balaban J connectivity index is 2.52. The second-order valence-electron chi connectivity index (χ2n) is 4.13. The number of hydrogen-bond acceptors (Lipinski definition) is 3. The van der Waals surface area contributed by atoms with Gasteiger partial charge in [0, 0.05) is 38.0 Å². The van der Waals surface area contributed by atoms with Gasteiger partial charge in [-0.2, -0.15) is 5.10 Å². The van der Waals surface area contributed by atoms with Crippen molar-refractivity contribution in [2.75, 3.05) is 6.61 Å². The van der Waals surface area contributed by atoms with Crippen LogP contribution in [-0.2, 0) is 20.0 Å². The van der Waals surface area contributed by atoms with Crippen LogP contribution >= 0.6 is 0 Å². The minimum absolute atomic E-state index is 0.249. The van der Waals surface area contributed by atoms with E-state index in [0.717, 1.165) is 31.5 Å². The lowest BCUT2D eigenvalue weighted by atomic mass is 10.1. The molecule has 0 saturated carbocycles. The second kappa shape index (κ2) is 6.66. The Bertz CT molecular complexity index is 309. The first kappa shape index (κ1) is 13.2. The molecule has 16 heavy (non-hydrogen) atoms. The van der Waals surface area contributed by atoms with Gasteiger partial charge >= 0.3 is 0 Å². The molecule has 1 unspecified atom stereocenters. The Labute approximate surface area is 97.7 Å². The van der Waals surface area contributed by atoms with E-state index >= 15 is 0 Å². The average molecular weight is 225 g/mol. The molecule has 0 saturated heterocycles. The van der Waals surface area contributed by atoms with Crippen LogP contribution in [0.4, 0.5) is 0 Å². The largest absolute Gasteiger partial charge is 0.396 e. The molecular weight excluding hydrogens is 202 g/mol. The topological polar surface area (TPSA) is 50.1 Å². The molecule has 1 aromatic rings. The Morgan fingerprint density at radius 3 is 2.81 bits per heavy atom. The maximum Gasteiger partial charge on any atom is 0.0666 e. The van der Waals surface area contributed by atoms with Gasteiger partial charge in [0.05, 0.1) is 5.69 Å². The van der Waals surface area contributed by atoms with Crippen LogP contribution < -0.4 is 5.32 Å². The van der Waals surface area contributed by atoms with E-state index in [1.54, 1.807) is 0 Å². The Morgan fingerprint density at radius 2 is 2.25 bits per heavy atom. The Hall–Kier alpha value is -0.870. The first-order chi connectivity index (χ1) is 7.71. The normalized spacial score (nSPS) is 13.0. The second-order valence-corrected chi connectivity index (χ2v) is 4.13. The average Bonchev–Trinajstić information content (AvgIpc) is 2.65. The number of aryl methyl sites for hydroxylation is 2. The molecule has 0 fully saturated rings. The van der Waals surface area contributed by atoms with Crippen molar-refractivity contribution < 1.29 is 5.11 Å². The summed E-state index contributed by atoms with van der Waals surface area (Å²) in [7, 11) is 1.95. The fourth-order valence-corrected chi connectivity index (χ4v) is 1.89. The monoisotopic (exact) mass is 225 g/mol. The summed E-state index contributed by atoms with van der Waals surface area (Å²) in [6.45, 7) is 5.35. The predicted molar refractivity (Wildman–Crippen MR) is 65.2 cm³/mol. The van der Waals surface area contributed by atoms with E-state index in [1.165, 1.54) is 5.56 Å². The number of hydrogen-bond donors (Lipinski definition) is 2. The highest BCUT2D eigenvalue weighted by atomic mass is 16.3. The highest BCUT2D eigenvalue weighted by Gasteiger charge is 2.08. The van der Waals surface area contributed by atoms with E-state index in [9.17, 15) is 0 Å². The van der Waals surface area contributed by atoms with Crippen LogP contribution in [0.15, 0.2) is 6.20 Å². The molecule has 1 atom stereocenters. The van der Waals surface area contributed by atoms with E-state index in [0.29, 0.717) is 6.04 Å². The number of nitrogens with zero attached hydrogens (tertiary/aromatic N) is 2. The maximum absolute atomic E-state index is 8.91. The summed E-state index contributed by atoms with van der Waals surface area (Å²) in [5.41, 5.74) is 2.43. The molecule has 0 aliphatic heterocycles. The standard InChI is InChI=1S/C12H23N3O/c1-4-11(6-7-16)13-8-10-9-15(3)14-12(10)5-2/h9,11,13,16H,4-8H2,1-3H3. The van der Waals surface area contributed by atoms with Crippen LogP contribution in [0.2, 0.25) is 0 Å². The van der Waals surface area contributed by atoms with Gasteiger partial charge in [0.1, 0.15) is 0 Å². The van der Waals surface area contributed by atoms with E-state index in [2.05, 4.69) is 30.5 Å². The van der Waals surface area contributed by atoms with Crippen LogP contribution in [0.1, 0.15) is 37.9 Å². The molecule has 0 aromatic carbocycles. The van der Waals surface area contributed by atoms with Crippen LogP contribution in [0, 0.1) is 0 Å². The lowest BCUT2D eigenvalue weighted by molar-refractivity contribution is 0.262. The van der Waals surface area contributed by atoms with Crippen LogP contribution in [0.3, 0.4) is 0 Å². The number of aliphatic hydroxyl groups is 1.